The largest absolute Gasteiger partial charge is 0.508 e. The van der Waals surface area contributed by atoms with Crippen molar-refractivity contribution in [2.24, 2.45) is 22.2 Å². The molecule has 2 aromatic rings. The third kappa shape index (κ3) is 10.4. The first-order chi connectivity index (χ1) is 18.1. The van der Waals surface area contributed by atoms with Gasteiger partial charge in [0.15, 0.2) is 5.96 Å². The molecular formula is C26H36FN7O4. The third-order valence-corrected chi connectivity index (χ3v) is 5.74. The SMILES string of the molecule is CCN(Cc1ccc(F)cc1)C(=O)CNC(=O)[C@@H](CCCN=C(N)N)NC(=O)[C@@H](N)Cc1ccc(O)cc1. The summed E-state index contributed by atoms with van der Waals surface area (Å²) in [5.41, 5.74) is 18.2. The van der Waals surface area contributed by atoms with E-state index >= 15 is 0 Å². The maximum Gasteiger partial charge on any atom is 0.243 e. The highest BCUT2D eigenvalue weighted by molar-refractivity contribution is 5.91. The molecule has 2 atom stereocenters. The van der Waals surface area contributed by atoms with Crippen molar-refractivity contribution < 1.29 is 23.9 Å². The van der Waals surface area contributed by atoms with E-state index in [0.29, 0.717) is 13.0 Å². The number of carbonyl (C=O) groups excluding carboxylic acids is 3. The van der Waals surface area contributed by atoms with Crippen molar-refractivity contribution in [3.05, 3.63) is 65.5 Å². The highest BCUT2D eigenvalue weighted by Gasteiger charge is 2.25. The number of nitrogens with one attached hydrogen (secondary N) is 2. The predicted molar refractivity (Wildman–Crippen MR) is 142 cm³/mol. The molecule has 0 fully saturated rings. The van der Waals surface area contributed by atoms with Crippen molar-refractivity contribution in [2.45, 2.75) is 44.8 Å². The molecule has 0 bridgehead atoms. The molecule has 11 nitrogen and oxygen atoms in total. The molecule has 0 saturated carbocycles. The lowest BCUT2D eigenvalue weighted by molar-refractivity contribution is -0.134. The van der Waals surface area contributed by atoms with Crippen LogP contribution in [-0.2, 0) is 27.3 Å². The number of nitrogens with two attached hydrogens (primary N) is 3. The lowest BCUT2D eigenvalue weighted by Crippen LogP contribution is -2.53. The highest BCUT2D eigenvalue weighted by Crippen LogP contribution is 2.11. The number of hydrogen-bond acceptors (Lipinski definition) is 6. The maximum absolute atomic E-state index is 13.2. The average Bonchev–Trinajstić information content (AvgIpc) is 2.89. The fourth-order valence-electron chi connectivity index (χ4n) is 3.61. The molecule has 0 unspecified atom stereocenters. The summed E-state index contributed by atoms with van der Waals surface area (Å²) in [4.78, 5) is 43.8. The first-order valence-electron chi connectivity index (χ1n) is 12.3. The topological polar surface area (TPSA) is 189 Å². The lowest BCUT2D eigenvalue weighted by Gasteiger charge is -2.23. The van der Waals surface area contributed by atoms with Gasteiger partial charge in [-0.25, -0.2) is 4.39 Å². The summed E-state index contributed by atoms with van der Waals surface area (Å²) >= 11 is 0. The Kier molecular flexibility index (Phi) is 12.0. The first kappa shape index (κ1) is 30.0. The highest BCUT2D eigenvalue weighted by atomic mass is 19.1. The standard InChI is InChI=1S/C26H36FN7O4/c1-2-34(16-18-5-9-19(27)10-6-18)23(36)15-32-25(38)22(4-3-13-31-26(29)30)33-24(37)21(28)14-17-7-11-20(35)12-8-17/h5-12,21-22,35H,2-4,13-16,28H2,1H3,(H,32,38)(H,33,37)(H4,29,30,31)/t21-,22+/m0/s1. The minimum atomic E-state index is -0.970. The van der Waals surface area contributed by atoms with Gasteiger partial charge in [0, 0.05) is 19.6 Å². The van der Waals surface area contributed by atoms with E-state index in [2.05, 4.69) is 15.6 Å². The minimum Gasteiger partial charge on any atom is -0.508 e. The van der Waals surface area contributed by atoms with Crippen molar-refractivity contribution in [3.8, 4) is 5.75 Å². The Labute approximate surface area is 221 Å². The fraction of sp³-hybridized carbons (Fsp3) is 0.385. The zero-order chi connectivity index (χ0) is 28.1. The summed E-state index contributed by atoms with van der Waals surface area (Å²) in [6, 6.07) is 10.2. The summed E-state index contributed by atoms with van der Waals surface area (Å²) in [6.45, 7) is 2.41. The van der Waals surface area contributed by atoms with Crippen LogP contribution in [0.4, 0.5) is 4.39 Å². The van der Waals surface area contributed by atoms with Crippen LogP contribution in [-0.4, -0.2) is 65.4 Å². The zero-order valence-corrected chi connectivity index (χ0v) is 21.4. The lowest BCUT2D eigenvalue weighted by atomic mass is 10.0. The number of phenols is 1. The number of hydrogen-bond donors (Lipinski definition) is 6. The van der Waals surface area contributed by atoms with Crippen molar-refractivity contribution in [1.29, 1.82) is 0 Å². The minimum absolute atomic E-state index is 0.0858. The van der Waals surface area contributed by atoms with Crippen LogP contribution in [0.5, 0.6) is 5.75 Å². The number of phenolic OH excluding ortho intramolecular Hbond substituents is 1. The molecule has 3 amide bonds. The van der Waals surface area contributed by atoms with E-state index in [0.717, 1.165) is 11.1 Å². The Balaban J connectivity index is 1.98. The van der Waals surface area contributed by atoms with E-state index in [1.807, 2.05) is 0 Å². The second-order valence-corrected chi connectivity index (χ2v) is 8.74. The molecule has 0 aromatic heterocycles. The van der Waals surface area contributed by atoms with E-state index in [4.69, 9.17) is 17.2 Å². The Bertz CT molecular complexity index is 1090. The summed E-state index contributed by atoms with van der Waals surface area (Å²) in [7, 11) is 0. The van der Waals surface area contributed by atoms with Gasteiger partial charge >= 0.3 is 0 Å². The Morgan fingerprint density at radius 2 is 1.66 bits per heavy atom. The summed E-state index contributed by atoms with van der Waals surface area (Å²) in [6.07, 6.45) is 0.798. The number of halogens is 1. The quantitative estimate of drug-likeness (QED) is 0.114. The van der Waals surface area contributed by atoms with Crippen molar-refractivity contribution in [3.63, 3.8) is 0 Å². The molecular weight excluding hydrogens is 493 g/mol. The van der Waals surface area contributed by atoms with E-state index in [1.165, 1.54) is 29.2 Å². The summed E-state index contributed by atoms with van der Waals surface area (Å²) in [5.74, 6) is -1.79. The molecule has 0 aliphatic rings. The second-order valence-electron chi connectivity index (χ2n) is 8.74. The van der Waals surface area contributed by atoms with Crippen LogP contribution in [0.1, 0.15) is 30.9 Å². The number of aromatic hydroxyl groups is 1. The molecule has 38 heavy (non-hydrogen) atoms. The number of guanidine groups is 1. The van der Waals surface area contributed by atoms with Gasteiger partial charge in [0.1, 0.15) is 17.6 Å². The fourth-order valence-corrected chi connectivity index (χ4v) is 3.61. The number of benzene rings is 2. The van der Waals surface area contributed by atoms with Crippen LogP contribution >= 0.6 is 0 Å². The number of likely N-dealkylation sites (N-methyl/N-ethyl adjacent to an activating group) is 1. The smallest absolute Gasteiger partial charge is 0.243 e. The van der Waals surface area contributed by atoms with Gasteiger partial charge < -0.3 is 37.8 Å². The van der Waals surface area contributed by atoms with Gasteiger partial charge in [-0.15, -0.1) is 0 Å². The number of nitrogens with zero attached hydrogens (tertiary/aromatic N) is 2. The molecule has 0 radical (unpaired) electrons. The van der Waals surface area contributed by atoms with Crippen LogP contribution < -0.4 is 27.8 Å². The van der Waals surface area contributed by atoms with Crippen molar-refractivity contribution in [1.82, 2.24) is 15.5 Å². The van der Waals surface area contributed by atoms with Crippen LogP contribution in [0.3, 0.4) is 0 Å². The second kappa shape index (κ2) is 15.2. The van der Waals surface area contributed by atoms with Gasteiger partial charge in [-0.05, 0) is 61.6 Å². The van der Waals surface area contributed by atoms with E-state index in [-0.39, 0.29) is 55.9 Å². The summed E-state index contributed by atoms with van der Waals surface area (Å²) in [5, 5.41) is 14.7. The molecule has 0 aliphatic carbocycles. The van der Waals surface area contributed by atoms with Gasteiger partial charge in [0.05, 0.1) is 12.6 Å². The maximum atomic E-state index is 13.2. The van der Waals surface area contributed by atoms with Gasteiger partial charge in [-0.1, -0.05) is 24.3 Å². The Hall–Kier alpha value is -4.19. The molecule has 0 saturated heterocycles. The van der Waals surface area contributed by atoms with Crippen molar-refractivity contribution in [2.75, 3.05) is 19.6 Å². The molecule has 0 spiro atoms. The predicted octanol–water partition coefficient (Wildman–Crippen LogP) is 0.104. The van der Waals surface area contributed by atoms with Crippen LogP contribution in [0.2, 0.25) is 0 Å². The number of carbonyl (C=O) groups is 3. The molecule has 2 rings (SSSR count). The van der Waals surface area contributed by atoms with Crippen LogP contribution in [0, 0.1) is 5.82 Å². The Morgan fingerprint density at radius 3 is 2.26 bits per heavy atom. The van der Waals surface area contributed by atoms with E-state index in [1.54, 1.807) is 31.2 Å². The zero-order valence-electron chi connectivity index (χ0n) is 21.4. The normalized spacial score (nSPS) is 12.2. The molecule has 12 heteroatoms. The van der Waals surface area contributed by atoms with Crippen molar-refractivity contribution >= 4 is 23.7 Å². The van der Waals surface area contributed by atoms with E-state index in [9.17, 15) is 23.9 Å². The third-order valence-electron chi connectivity index (χ3n) is 5.74. The Morgan fingerprint density at radius 1 is 1.03 bits per heavy atom. The first-order valence-corrected chi connectivity index (χ1v) is 12.3. The molecule has 0 heterocycles. The number of amides is 3. The van der Waals surface area contributed by atoms with Crippen LogP contribution in [0.25, 0.3) is 0 Å². The van der Waals surface area contributed by atoms with Gasteiger partial charge in [-0.3, -0.25) is 19.4 Å². The molecule has 2 aromatic carbocycles. The van der Waals surface area contributed by atoms with Crippen LogP contribution in [0.15, 0.2) is 53.5 Å². The monoisotopic (exact) mass is 529 g/mol. The van der Waals surface area contributed by atoms with E-state index < -0.39 is 23.9 Å². The van der Waals surface area contributed by atoms with Gasteiger partial charge in [0.25, 0.3) is 0 Å². The number of rotatable bonds is 14. The molecule has 206 valence electrons. The average molecular weight is 530 g/mol. The molecule has 0 aliphatic heterocycles. The van der Waals surface area contributed by atoms with Gasteiger partial charge in [-0.2, -0.15) is 0 Å². The number of aliphatic imine (C=N–C) groups is 1. The van der Waals surface area contributed by atoms with Gasteiger partial charge in [0.2, 0.25) is 17.7 Å². The molecule has 9 N–H and O–H groups in total. The summed E-state index contributed by atoms with van der Waals surface area (Å²) < 4.78 is 13.2.